The van der Waals surface area contributed by atoms with Gasteiger partial charge >= 0.3 is 5.69 Å². The van der Waals surface area contributed by atoms with Crippen molar-refractivity contribution < 1.29 is 22.9 Å². The Kier molecular flexibility index (Phi) is 5.42. The van der Waals surface area contributed by atoms with Crippen LogP contribution in [0.15, 0.2) is 30.9 Å². The second-order valence-electron chi connectivity index (χ2n) is 4.04. The first kappa shape index (κ1) is 16.6. The fraction of sp³-hybridized carbons (Fsp3) is 0.250. The standard InChI is InChI=1S/C12H14N2O6S/c1-3-6-21(18,19)8-12(15)13-9-4-5-11(20-2)10(7-9)14(16)17/h3-5,7H,1,6,8H2,2H3,(H,13,15). The minimum Gasteiger partial charge on any atom is -0.490 e. The fourth-order valence-corrected chi connectivity index (χ4v) is 2.49. The van der Waals surface area contributed by atoms with Gasteiger partial charge in [0.15, 0.2) is 15.6 Å². The number of rotatable bonds is 7. The van der Waals surface area contributed by atoms with E-state index in [4.69, 9.17) is 4.74 Å². The number of hydrogen-bond donors (Lipinski definition) is 1. The lowest BCUT2D eigenvalue weighted by molar-refractivity contribution is -0.385. The molecule has 114 valence electrons. The van der Waals surface area contributed by atoms with Crippen LogP contribution in [0.2, 0.25) is 0 Å². The number of nitro groups is 1. The SMILES string of the molecule is C=CCS(=O)(=O)CC(=O)Nc1ccc(OC)c([N+](=O)[O-])c1. The Hall–Kier alpha value is -2.42. The second-order valence-corrected chi connectivity index (χ2v) is 6.14. The highest BCUT2D eigenvalue weighted by molar-refractivity contribution is 7.92. The Morgan fingerprint density at radius 1 is 1.52 bits per heavy atom. The molecule has 0 spiro atoms. The summed E-state index contributed by atoms with van der Waals surface area (Å²) in [6.45, 7) is 3.29. The number of methoxy groups -OCH3 is 1. The van der Waals surface area contributed by atoms with Crippen molar-refractivity contribution in [3.05, 3.63) is 41.0 Å². The highest BCUT2D eigenvalue weighted by Gasteiger charge is 2.18. The van der Waals surface area contributed by atoms with Crippen LogP contribution >= 0.6 is 0 Å². The monoisotopic (exact) mass is 314 g/mol. The maximum atomic E-state index is 11.6. The van der Waals surface area contributed by atoms with Crippen molar-refractivity contribution in [1.29, 1.82) is 0 Å². The molecule has 0 aliphatic carbocycles. The van der Waals surface area contributed by atoms with E-state index in [2.05, 4.69) is 11.9 Å². The van der Waals surface area contributed by atoms with Gasteiger partial charge in [0.1, 0.15) is 5.75 Å². The molecule has 0 unspecified atom stereocenters. The molecule has 0 saturated heterocycles. The molecule has 0 fully saturated rings. The van der Waals surface area contributed by atoms with Crippen LogP contribution in [0.3, 0.4) is 0 Å². The van der Waals surface area contributed by atoms with Crippen molar-refractivity contribution in [1.82, 2.24) is 0 Å². The third-order valence-corrected chi connectivity index (χ3v) is 3.83. The van der Waals surface area contributed by atoms with Gasteiger partial charge in [-0.05, 0) is 12.1 Å². The van der Waals surface area contributed by atoms with E-state index in [1.165, 1.54) is 25.3 Å². The van der Waals surface area contributed by atoms with Crippen molar-refractivity contribution in [2.75, 3.05) is 23.9 Å². The first-order valence-electron chi connectivity index (χ1n) is 5.72. The van der Waals surface area contributed by atoms with Gasteiger partial charge in [-0.2, -0.15) is 0 Å². The Morgan fingerprint density at radius 2 is 2.19 bits per heavy atom. The average Bonchev–Trinajstić information content (AvgIpc) is 2.37. The van der Waals surface area contributed by atoms with E-state index in [1.54, 1.807) is 0 Å². The quantitative estimate of drug-likeness (QED) is 0.458. The summed E-state index contributed by atoms with van der Waals surface area (Å²) in [7, 11) is -2.30. The van der Waals surface area contributed by atoms with Crippen LogP contribution in [0.25, 0.3) is 0 Å². The van der Waals surface area contributed by atoms with E-state index in [1.807, 2.05) is 0 Å². The van der Waals surface area contributed by atoms with Crippen LogP contribution in [-0.4, -0.2) is 37.9 Å². The topological polar surface area (TPSA) is 116 Å². The Bertz CT molecular complexity index is 668. The number of amides is 1. The van der Waals surface area contributed by atoms with E-state index in [-0.39, 0.29) is 22.9 Å². The number of nitro benzene ring substituents is 1. The molecule has 8 nitrogen and oxygen atoms in total. The van der Waals surface area contributed by atoms with Gasteiger partial charge in [-0.3, -0.25) is 14.9 Å². The minimum absolute atomic E-state index is 0.0391. The molecule has 0 aromatic heterocycles. The maximum Gasteiger partial charge on any atom is 0.312 e. The van der Waals surface area contributed by atoms with Crippen LogP contribution in [-0.2, 0) is 14.6 Å². The minimum atomic E-state index is -3.58. The first-order chi connectivity index (χ1) is 9.79. The van der Waals surface area contributed by atoms with Crippen LogP contribution in [0.4, 0.5) is 11.4 Å². The summed E-state index contributed by atoms with van der Waals surface area (Å²) in [4.78, 5) is 21.8. The van der Waals surface area contributed by atoms with Crippen LogP contribution in [0.5, 0.6) is 5.75 Å². The van der Waals surface area contributed by atoms with E-state index in [0.29, 0.717) is 0 Å². The largest absolute Gasteiger partial charge is 0.490 e. The van der Waals surface area contributed by atoms with E-state index < -0.39 is 26.4 Å². The van der Waals surface area contributed by atoms with Crippen LogP contribution < -0.4 is 10.1 Å². The lowest BCUT2D eigenvalue weighted by atomic mass is 10.2. The zero-order chi connectivity index (χ0) is 16.0. The Labute approximate surface area is 121 Å². The van der Waals surface area contributed by atoms with Crippen molar-refractivity contribution in [2.24, 2.45) is 0 Å². The Balaban J connectivity index is 2.89. The van der Waals surface area contributed by atoms with Crippen LogP contribution in [0, 0.1) is 10.1 Å². The van der Waals surface area contributed by atoms with Gasteiger partial charge < -0.3 is 10.1 Å². The van der Waals surface area contributed by atoms with Gasteiger partial charge in [0, 0.05) is 11.8 Å². The maximum absolute atomic E-state index is 11.6. The number of hydrogen-bond acceptors (Lipinski definition) is 6. The van der Waals surface area contributed by atoms with Crippen molar-refractivity contribution in [3.8, 4) is 5.75 Å². The summed E-state index contributed by atoms with van der Waals surface area (Å²) in [6, 6.07) is 3.78. The number of nitrogens with zero attached hydrogens (tertiary/aromatic N) is 1. The second kappa shape index (κ2) is 6.84. The highest BCUT2D eigenvalue weighted by Crippen LogP contribution is 2.29. The van der Waals surface area contributed by atoms with Crippen molar-refractivity contribution in [2.45, 2.75) is 0 Å². The summed E-state index contributed by atoms with van der Waals surface area (Å²) in [5.41, 5.74) is -0.217. The number of carbonyl (C=O) groups is 1. The lowest BCUT2D eigenvalue weighted by Crippen LogP contribution is -2.24. The molecular formula is C12H14N2O6S. The summed E-state index contributed by atoms with van der Waals surface area (Å²) in [5.74, 6) is -1.78. The molecule has 0 heterocycles. The number of ether oxygens (including phenoxy) is 1. The summed E-state index contributed by atoms with van der Waals surface area (Å²) < 4.78 is 27.7. The van der Waals surface area contributed by atoms with Gasteiger partial charge in [-0.25, -0.2) is 8.42 Å². The molecule has 1 aromatic carbocycles. The Morgan fingerprint density at radius 3 is 2.71 bits per heavy atom. The first-order valence-corrected chi connectivity index (χ1v) is 7.55. The molecule has 0 aliphatic heterocycles. The molecule has 21 heavy (non-hydrogen) atoms. The molecule has 0 bridgehead atoms. The normalized spacial score (nSPS) is 10.7. The van der Waals surface area contributed by atoms with Crippen molar-refractivity contribution >= 4 is 27.1 Å². The van der Waals surface area contributed by atoms with Gasteiger partial charge in [-0.1, -0.05) is 6.08 Å². The number of sulfone groups is 1. The summed E-state index contributed by atoms with van der Waals surface area (Å²) >= 11 is 0. The van der Waals surface area contributed by atoms with E-state index >= 15 is 0 Å². The molecule has 0 aliphatic rings. The molecule has 0 atom stereocenters. The third-order valence-electron chi connectivity index (χ3n) is 2.38. The van der Waals surface area contributed by atoms with E-state index in [0.717, 1.165) is 6.07 Å². The molecule has 1 rings (SSSR count). The summed E-state index contributed by atoms with van der Waals surface area (Å²) in [6.07, 6.45) is 1.18. The predicted molar refractivity (Wildman–Crippen MR) is 77.1 cm³/mol. The zero-order valence-electron chi connectivity index (χ0n) is 11.2. The number of anilines is 1. The fourth-order valence-electron chi connectivity index (χ4n) is 1.55. The molecule has 1 N–H and O–H groups in total. The number of nitrogens with one attached hydrogen (secondary N) is 1. The summed E-state index contributed by atoms with van der Waals surface area (Å²) in [5, 5.41) is 13.1. The average molecular weight is 314 g/mol. The molecule has 0 saturated carbocycles. The van der Waals surface area contributed by atoms with Crippen LogP contribution in [0.1, 0.15) is 0 Å². The molecule has 1 aromatic rings. The van der Waals surface area contributed by atoms with Gasteiger partial charge in [0.05, 0.1) is 17.8 Å². The molecule has 0 radical (unpaired) electrons. The number of benzene rings is 1. The van der Waals surface area contributed by atoms with Gasteiger partial charge in [-0.15, -0.1) is 6.58 Å². The number of carbonyl (C=O) groups excluding carboxylic acids is 1. The molecular weight excluding hydrogens is 300 g/mol. The van der Waals surface area contributed by atoms with E-state index in [9.17, 15) is 23.3 Å². The molecule has 1 amide bonds. The van der Waals surface area contributed by atoms with Gasteiger partial charge in [0.25, 0.3) is 0 Å². The third kappa shape index (κ3) is 4.88. The van der Waals surface area contributed by atoms with Gasteiger partial charge in [0.2, 0.25) is 5.91 Å². The zero-order valence-corrected chi connectivity index (χ0v) is 12.1. The predicted octanol–water partition coefficient (Wildman–Crippen LogP) is 1.14. The molecule has 9 heteroatoms. The lowest BCUT2D eigenvalue weighted by Gasteiger charge is -2.07. The smallest absolute Gasteiger partial charge is 0.312 e. The van der Waals surface area contributed by atoms with Crippen molar-refractivity contribution in [3.63, 3.8) is 0 Å². The highest BCUT2D eigenvalue weighted by atomic mass is 32.2.